The first-order valence-corrected chi connectivity index (χ1v) is 14.2. The van der Waals surface area contributed by atoms with Gasteiger partial charge in [0.05, 0.1) is 12.0 Å². The van der Waals surface area contributed by atoms with Crippen LogP contribution in [0.15, 0.2) is 83.8 Å². The molecule has 0 saturated carbocycles. The van der Waals surface area contributed by atoms with E-state index in [0.717, 1.165) is 28.0 Å². The van der Waals surface area contributed by atoms with Gasteiger partial charge in [0.1, 0.15) is 23.6 Å². The highest BCUT2D eigenvalue weighted by atomic mass is 32.2. The highest BCUT2D eigenvalue weighted by Gasteiger charge is 2.38. The molecule has 1 heterocycles. The molecule has 0 aliphatic carbocycles. The van der Waals surface area contributed by atoms with Gasteiger partial charge in [0.25, 0.3) is 0 Å². The first-order valence-electron chi connectivity index (χ1n) is 12.8. The van der Waals surface area contributed by atoms with Crippen LogP contribution in [0, 0.1) is 5.92 Å². The zero-order valence-electron chi connectivity index (χ0n) is 22.1. The largest absolute Gasteiger partial charge is 0.496 e. The zero-order valence-corrected chi connectivity index (χ0v) is 22.9. The number of carboxylic acid groups (broad SMARTS) is 1. The van der Waals surface area contributed by atoms with Crippen molar-refractivity contribution in [2.75, 3.05) is 13.7 Å². The SMILES string of the molecule is COc1ccc(-c2ccc3ccccc3c2)cc1CC1Cc2cc(S(=O)(=O)NCC(=O)O)ccc2OC1(C)C. The molecule has 1 unspecified atom stereocenters. The van der Waals surface area contributed by atoms with Gasteiger partial charge in [0, 0.05) is 5.92 Å². The molecule has 0 spiro atoms. The van der Waals surface area contributed by atoms with E-state index in [-0.39, 0.29) is 10.8 Å². The monoisotopic (exact) mass is 545 g/mol. The van der Waals surface area contributed by atoms with Gasteiger partial charge in [-0.1, -0.05) is 42.5 Å². The summed E-state index contributed by atoms with van der Waals surface area (Å²) in [5, 5.41) is 11.2. The molecule has 1 aliphatic rings. The minimum atomic E-state index is -3.96. The molecule has 7 nitrogen and oxygen atoms in total. The van der Waals surface area contributed by atoms with Crippen LogP contribution < -0.4 is 14.2 Å². The number of methoxy groups -OCH3 is 1. The lowest BCUT2D eigenvalue weighted by Gasteiger charge is -2.40. The van der Waals surface area contributed by atoms with Crippen molar-refractivity contribution in [1.29, 1.82) is 0 Å². The molecule has 0 amide bonds. The van der Waals surface area contributed by atoms with E-state index in [9.17, 15) is 13.2 Å². The normalized spacial score (nSPS) is 16.3. The summed E-state index contributed by atoms with van der Waals surface area (Å²) in [4.78, 5) is 10.9. The van der Waals surface area contributed by atoms with Gasteiger partial charge in [-0.15, -0.1) is 0 Å². The molecule has 0 saturated heterocycles. The average molecular weight is 546 g/mol. The summed E-state index contributed by atoms with van der Waals surface area (Å²) in [6.45, 7) is 3.40. The molecule has 202 valence electrons. The Bertz CT molecular complexity index is 1660. The quantitative estimate of drug-likeness (QED) is 0.305. The predicted molar refractivity (Wildman–Crippen MR) is 151 cm³/mol. The molecule has 2 N–H and O–H groups in total. The number of fused-ring (bicyclic) bond motifs is 2. The molecule has 8 heteroatoms. The number of ether oxygens (including phenoxy) is 2. The number of rotatable bonds is 8. The lowest BCUT2D eigenvalue weighted by atomic mass is 9.78. The van der Waals surface area contributed by atoms with Gasteiger partial charge < -0.3 is 14.6 Å². The molecule has 1 aliphatic heterocycles. The lowest BCUT2D eigenvalue weighted by molar-refractivity contribution is -0.135. The predicted octanol–water partition coefficient (Wildman–Crippen LogP) is 5.45. The second-order valence-corrected chi connectivity index (χ2v) is 12.2. The summed E-state index contributed by atoms with van der Waals surface area (Å²) >= 11 is 0. The molecule has 0 bridgehead atoms. The van der Waals surface area contributed by atoms with E-state index in [1.165, 1.54) is 16.8 Å². The molecule has 5 rings (SSSR count). The van der Waals surface area contributed by atoms with E-state index in [4.69, 9.17) is 14.6 Å². The van der Waals surface area contributed by atoms with E-state index >= 15 is 0 Å². The van der Waals surface area contributed by atoms with Crippen molar-refractivity contribution >= 4 is 26.8 Å². The fraction of sp³-hybridized carbons (Fsp3) is 0.258. The van der Waals surface area contributed by atoms with Crippen LogP contribution in [0.4, 0.5) is 0 Å². The van der Waals surface area contributed by atoms with Crippen molar-refractivity contribution in [2.45, 2.75) is 37.2 Å². The third-order valence-corrected chi connectivity index (χ3v) is 8.81. The van der Waals surface area contributed by atoms with Crippen LogP contribution in [-0.4, -0.2) is 38.7 Å². The van der Waals surface area contributed by atoms with Gasteiger partial charge >= 0.3 is 5.97 Å². The van der Waals surface area contributed by atoms with E-state index in [2.05, 4.69) is 47.2 Å². The summed E-state index contributed by atoms with van der Waals surface area (Å²) in [5.41, 5.74) is 3.50. The minimum absolute atomic E-state index is 0.0143. The van der Waals surface area contributed by atoms with Gasteiger partial charge in [-0.05, 0) is 96.1 Å². The van der Waals surface area contributed by atoms with Crippen LogP contribution >= 0.6 is 0 Å². The Kier molecular flexibility index (Phi) is 7.09. The Labute approximate surface area is 228 Å². The van der Waals surface area contributed by atoms with Crippen LogP contribution in [0.3, 0.4) is 0 Å². The topological polar surface area (TPSA) is 102 Å². The number of carboxylic acids is 1. The highest BCUT2D eigenvalue weighted by Crippen LogP contribution is 2.41. The van der Waals surface area contributed by atoms with E-state index in [1.54, 1.807) is 19.2 Å². The molecule has 39 heavy (non-hydrogen) atoms. The van der Waals surface area contributed by atoms with Crippen molar-refractivity contribution in [3.05, 3.63) is 90.0 Å². The van der Waals surface area contributed by atoms with Crippen molar-refractivity contribution in [3.8, 4) is 22.6 Å². The fourth-order valence-electron chi connectivity index (χ4n) is 5.17. The standard InChI is InChI=1S/C31H31NO6S/c1-31(2)26(17-25-18-27(11-13-29(25)38-31)39(35,36)32-19-30(33)34)16-24-15-23(10-12-28(24)37-3)22-9-8-20-6-4-5-7-21(20)14-22/h4-15,18,26,32H,16-17,19H2,1-3H3,(H,33,34). The van der Waals surface area contributed by atoms with Gasteiger partial charge in [-0.25, -0.2) is 8.42 Å². The Hall–Kier alpha value is -3.88. The van der Waals surface area contributed by atoms with Crippen LogP contribution in [0.25, 0.3) is 21.9 Å². The van der Waals surface area contributed by atoms with Gasteiger partial charge in [-0.3, -0.25) is 4.79 Å². The zero-order chi connectivity index (χ0) is 27.8. The summed E-state index contributed by atoms with van der Waals surface area (Å²) in [6.07, 6.45) is 1.25. The summed E-state index contributed by atoms with van der Waals surface area (Å²) < 4.78 is 39.4. The van der Waals surface area contributed by atoms with Crippen molar-refractivity contribution < 1.29 is 27.8 Å². The molecule has 4 aromatic carbocycles. The first kappa shape index (κ1) is 26.7. The van der Waals surface area contributed by atoms with E-state index < -0.39 is 28.1 Å². The molecule has 1 atom stereocenters. The number of benzene rings is 4. The van der Waals surface area contributed by atoms with E-state index in [0.29, 0.717) is 18.6 Å². The first-order chi connectivity index (χ1) is 18.6. The van der Waals surface area contributed by atoms with E-state index in [1.807, 2.05) is 32.0 Å². The number of hydrogen-bond acceptors (Lipinski definition) is 5. The number of hydrogen-bond donors (Lipinski definition) is 2. The Morgan fingerprint density at radius 1 is 1.00 bits per heavy atom. The summed E-state index contributed by atoms with van der Waals surface area (Å²) in [7, 11) is -2.30. The molecular weight excluding hydrogens is 514 g/mol. The maximum atomic E-state index is 12.6. The number of aliphatic carboxylic acids is 1. The third kappa shape index (κ3) is 5.62. The minimum Gasteiger partial charge on any atom is -0.496 e. The third-order valence-electron chi connectivity index (χ3n) is 7.41. The fourth-order valence-corrected chi connectivity index (χ4v) is 6.19. The lowest BCUT2D eigenvalue weighted by Crippen LogP contribution is -2.43. The number of sulfonamides is 1. The van der Waals surface area contributed by atoms with Crippen molar-refractivity contribution in [1.82, 2.24) is 4.72 Å². The maximum Gasteiger partial charge on any atom is 0.318 e. The van der Waals surface area contributed by atoms with Gasteiger partial charge in [0.2, 0.25) is 10.0 Å². The Balaban J connectivity index is 1.45. The number of nitrogens with one attached hydrogen (secondary N) is 1. The average Bonchev–Trinajstić information content (AvgIpc) is 2.91. The van der Waals surface area contributed by atoms with Crippen LogP contribution in [0.2, 0.25) is 0 Å². The van der Waals surface area contributed by atoms with Crippen LogP contribution in [-0.2, 0) is 27.7 Å². The second-order valence-electron chi connectivity index (χ2n) is 10.4. The highest BCUT2D eigenvalue weighted by molar-refractivity contribution is 7.89. The smallest absolute Gasteiger partial charge is 0.318 e. The molecule has 0 radical (unpaired) electrons. The molecule has 4 aromatic rings. The van der Waals surface area contributed by atoms with Crippen molar-refractivity contribution in [3.63, 3.8) is 0 Å². The summed E-state index contributed by atoms with van der Waals surface area (Å²) in [5.74, 6) is 0.192. The van der Waals surface area contributed by atoms with Gasteiger partial charge in [-0.2, -0.15) is 4.72 Å². The van der Waals surface area contributed by atoms with Crippen molar-refractivity contribution in [2.24, 2.45) is 5.92 Å². The Morgan fingerprint density at radius 2 is 1.72 bits per heavy atom. The molecule has 0 aromatic heterocycles. The van der Waals surface area contributed by atoms with Crippen LogP contribution in [0.5, 0.6) is 11.5 Å². The van der Waals surface area contributed by atoms with Crippen LogP contribution in [0.1, 0.15) is 25.0 Å². The Morgan fingerprint density at radius 3 is 2.46 bits per heavy atom. The summed E-state index contributed by atoms with van der Waals surface area (Å²) in [6, 6.07) is 25.6. The van der Waals surface area contributed by atoms with Gasteiger partial charge in [0.15, 0.2) is 0 Å². The molecule has 0 fully saturated rings. The molecular formula is C31H31NO6S. The second kappa shape index (κ2) is 10.4. The number of carbonyl (C=O) groups is 1. The maximum absolute atomic E-state index is 12.6.